The van der Waals surface area contributed by atoms with Crippen LogP contribution in [0.4, 0.5) is 5.69 Å². The third-order valence-electron chi connectivity index (χ3n) is 4.67. The lowest BCUT2D eigenvalue weighted by Gasteiger charge is -2.10. The van der Waals surface area contributed by atoms with Crippen LogP contribution in [0.3, 0.4) is 0 Å². The van der Waals surface area contributed by atoms with Crippen molar-refractivity contribution < 1.29 is 9.53 Å². The fourth-order valence-electron chi connectivity index (χ4n) is 3.21. The van der Waals surface area contributed by atoms with E-state index in [-0.39, 0.29) is 24.9 Å². The van der Waals surface area contributed by atoms with Crippen molar-refractivity contribution in [3.05, 3.63) is 103 Å². The quantitative estimate of drug-likeness (QED) is 0.396. The highest BCUT2D eigenvalue weighted by Crippen LogP contribution is 2.29. The Labute approximate surface area is 176 Å². The molecule has 0 aromatic heterocycles. The number of hydrogen-bond donors (Lipinski definition) is 1. The molecule has 1 N–H and O–H groups in total. The highest BCUT2D eigenvalue weighted by atomic mass is 35.5. The van der Waals surface area contributed by atoms with E-state index in [2.05, 4.69) is 59.9 Å². The summed E-state index contributed by atoms with van der Waals surface area (Å²) in [5.74, 6) is -0.276. The Morgan fingerprint density at radius 3 is 2.24 bits per heavy atom. The summed E-state index contributed by atoms with van der Waals surface area (Å²) in [5, 5.41) is 5.58. The van der Waals surface area contributed by atoms with E-state index in [0.717, 1.165) is 16.8 Å². The maximum atomic E-state index is 11.9. The standard InChI is InChI=1S/C25H21NO2.ClH/c27-25(28-18-19-7-2-1-3-8-19)17-26-22-15-13-21(14-16-22)24-12-6-10-20-9-4-5-11-23(20)24;/h1-16,26H,17-18H2;1H. The molecule has 0 atom stereocenters. The van der Waals surface area contributed by atoms with E-state index in [1.54, 1.807) is 0 Å². The van der Waals surface area contributed by atoms with Crippen LogP contribution < -0.4 is 5.32 Å². The normalized spacial score (nSPS) is 10.2. The molecule has 0 heterocycles. The van der Waals surface area contributed by atoms with E-state index < -0.39 is 0 Å². The first kappa shape index (κ1) is 20.4. The molecule has 0 spiro atoms. The van der Waals surface area contributed by atoms with Gasteiger partial charge in [-0.3, -0.25) is 4.79 Å². The molecule has 0 amide bonds. The second-order valence-electron chi connectivity index (χ2n) is 6.60. The number of carbonyl (C=O) groups excluding carboxylic acids is 1. The molecule has 4 aromatic rings. The zero-order valence-electron chi connectivity index (χ0n) is 15.9. The molecule has 146 valence electrons. The van der Waals surface area contributed by atoms with E-state index in [1.165, 1.54) is 16.3 Å². The predicted octanol–water partition coefficient (Wildman–Crippen LogP) is 6.08. The van der Waals surface area contributed by atoms with E-state index in [0.29, 0.717) is 6.61 Å². The summed E-state index contributed by atoms with van der Waals surface area (Å²) in [5.41, 5.74) is 4.22. The van der Waals surface area contributed by atoms with Crippen LogP contribution in [-0.4, -0.2) is 12.5 Å². The Bertz CT molecular complexity index is 1070. The lowest BCUT2D eigenvalue weighted by molar-refractivity contribution is -0.142. The number of rotatable bonds is 6. The number of anilines is 1. The van der Waals surface area contributed by atoms with Crippen molar-refractivity contribution in [3.8, 4) is 11.1 Å². The largest absolute Gasteiger partial charge is 0.460 e. The van der Waals surface area contributed by atoms with Gasteiger partial charge in [0.05, 0.1) is 0 Å². The number of esters is 1. The van der Waals surface area contributed by atoms with Gasteiger partial charge in [0.2, 0.25) is 0 Å². The molecule has 29 heavy (non-hydrogen) atoms. The molecular formula is C25H22ClNO2. The van der Waals surface area contributed by atoms with Gasteiger partial charge in [0, 0.05) is 5.69 Å². The SMILES string of the molecule is Cl.O=C(CNc1ccc(-c2cccc3ccccc23)cc1)OCc1ccccc1. The summed E-state index contributed by atoms with van der Waals surface area (Å²) in [4.78, 5) is 11.9. The van der Waals surface area contributed by atoms with Crippen molar-refractivity contribution in [1.29, 1.82) is 0 Å². The molecule has 0 bridgehead atoms. The molecule has 0 unspecified atom stereocenters. The van der Waals surface area contributed by atoms with Crippen molar-refractivity contribution in [2.75, 3.05) is 11.9 Å². The number of carbonyl (C=O) groups is 1. The second kappa shape index (κ2) is 9.76. The minimum absolute atomic E-state index is 0. The van der Waals surface area contributed by atoms with Gasteiger partial charge in [-0.2, -0.15) is 0 Å². The van der Waals surface area contributed by atoms with Crippen LogP contribution in [0.2, 0.25) is 0 Å². The van der Waals surface area contributed by atoms with Crippen molar-refractivity contribution in [2.24, 2.45) is 0 Å². The first-order valence-electron chi connectivity index (χ1n) is 9.31. The summed E-state index contributed by atoms with van der Waals surface area (Å²) in [6.07, 6.45) is 0. The van der Waals surface area contributed by atoms with Gasteiger partial charge in [-0.15, -0.1) is 12.4 Å². The lowest BCUT2D eigenvalue weighted by Crippen LogP contribution is -2.16. The van der Waals surface area contributed by atoms with Crippen LogP contribution >= 0.6 is 12.4 Å². The predicted molar refractivity (Wildman–Crippen MR) is 121 cm³/mol. The molecule has 0 aliphatic carbocycles. The molecule has 3 nitrogen and oxygen atoms in total. The Morgan fingerprint density at radius 2 is 1.45 bits per heavy atom. The fourth-order valence-corrected chi connectivity index (χ4v) is 3.21. The maximum Gasteiger partial charge on any atom is 0.325 e. The first-order chi connectivity index (χ1) is 13.8. The number of nitrogens with one attached hydrogen (secondary N) is 1. The van der Waals surface area contributed by atoms with E-state index in [9.17, 15) is 4.79 Å². The van der Waals surface area contributed by atoms with Gasteiger partial charge in [0.1, 0.15) is 13.2 Å². The summed E-state index contributed by atoms with van der Waals surface area (Å²) in [6.45, 7) is 0.432. The van der Waals surface area contributed by atoms with Crippen molar-refractivity contribution in [1.82, 2.24) is 0 Å². The molecule has 4 aromatic carbocycles. The Kier molecular flexibility index (Phi) is 6.88. The van der Waals surface area contributed by atoms with Crippen molar-refractivity contribution in [3.63, 3.8) is 0 Å². The average Bonchev–Trinajstić information content (AvgIpc) is 2.77. The molecule has 0 fully saturated rings. The van der Waals surface area contributed by atoms with Crippen LogP contribution in [0.15, 0.2) is 97.1 Å². The molecule has 0 radical (unpaired) electrons. The van der Waals surface area contributed by atoms with Crippen LogP contribution in [0.5, 0.6) is 0 Å². The van der Waals surface area contributed by atoms with Crippen LogP contribution in [0, 0.1) is 0 Å². The van der Waals surface area contributed by atoms with Gasteiger partial charge >= 0.3 is 5.97 Å². The van der Waals surface area contributed by atoms with Gasteiger partial charge in [-0.05, 0) is 39.6 Å². The molecule has 0 saturated carbocycles. The topological polar surface area (TPSA) is 38.3 Å². The smallest absolute Gasteiger partial charge is 0.325 e. The Hall–Kier alpha value is -3.30. The third-order valence-corrected chi connectivity index (χ3v) is 4.67. The number of fused-ring (bicyclic) bond motifs is 1. The van der Waals surface area contributed by atoms with Gasteiger partial charge in [-0.25, -0.2) is 0 Å². The lowest BCUT2D eigenvalue weighted by atomic mass is 9.98. The number of halogens is 1. The fraction of sp³-hybridized carbons (Fsp3) is 0.0800. The Balaban J connectivity index is 0.00000240. The molecule has 0 saturated heterocycles. The highest BCUT2D eigenvalue weighted by Gasteiger charge is 2.05. The summed E-state index contributed by atoms with van der Waals surface area (Å²) < 4.78 is 5.29. The zero-order valence-corrected chi connectivity index (χ0v) is 16.7. The first-order valence-corrected chi connectivity index (χ1v) is 9.31. The summed E-state index contributed by atoms with van der Waals surface area (Å²) in [7, 11) is 0. The minimum Gasteiger partial charge on any atom is -0.460 e. The molecule has 4 rings (SSSR count). The molecule has 0 aliphatic heterocycles. The van der Waals surface area contributed by atoms with Crippen LogP contribution in [-0.2, 0) is 16.1 Å². The highest BCUT2D eigenvalue weighted by molar-refractivity contribution is 5.96. The van der Waals surface area contributed by atoms with Crippen LogP contribution in [0.1, 0.15) is 5.56 Å². The average molecular weight is 404 g/mol. The maximum absolute atomic E-state index is 11.9. The Morgan fingerprint density at radius 1 is 0.759 bits per heavy atom. The monoisotopic (exact) mass is 403 g/mol. The van der Waals surface area contributed by atoms with Crippen molar-refractivity contribution >= 4 is 34.8 Å². The van der Waals surface area contributed by atoms with E-state index >= 15 is 0 Å². The van der Waals surface area contributed by atoms with Gasteiger partial charge in [0.25, 0.3) is 0 Å². The van der Waals surface area contributed by atoms with E-state index in [4.69, 9.17) is 4.74 Å². The molecular weight excluding hydrogens is 382 g/mol. The van der Waals surface area contributed by atoms with Crippen molar-refractivity contribution in [2.45, 2.75) is 6.61 Å². The van der Waals surface area contributed by atoms with Gasteiger partial charge in [-0.1, -0.05) is 84.9 Å². The third kappa shape index (κ3) is 5.15. The summed E-state index contributed by atoms with van der Waals surface area (Å²) >= 11 is 0. The number of hydrogen-bond acceptors (Lipinski definition) is 3. The van der Waals surface area contributed by atoms with Gasteiger partial charge < -0.3 is 10.1 Å². The number of ether oxygens (including phenoxy) is 1. The minimum atomic E-state index is -0.276. The molecule has 4 heteroatoms. The number of benzene rings is 4. The zero-order chi connectivity index (χ0) is 19.2. The van der Waals surface area contributed by atoms with Crippen LogP contribution in [0.25, 0.3) is 21.9 Å². The van der Waals surface area contributed by atoms with E-state index in [1.807, 2.05) is 42.5 Å². The van der Waals surface area contributed by atoms with Gasteiger partial charge in [0.15, 0.2) is 0 Å². The molecule has 0 aliphatic rings. The summed E-state index contributed by atoms with van der Waals surface area (Å²) in [6, 6.07) is 32.5. The second-order valence-corrected chi connectivity index (χ2v) is 6.60.